The predicted molar refractivity (Wildman–Crippen MR) is 57.0 cm³/mol. The van der Waals surface area contributed by atoms with Crippen molar-refractivity contribution in [2.75, 3.05) is 6.54 Å². The van der Waals surface area contributed by atoms with Gasteiger partial charge in [0.25, 0.3) is 0 Å². The maximum absolute atomic E-state index is 12.4. The van der Waals surface area contributed by atoms with Gasteiger partial charge in [0.1, 0.15) is 0 Å². The number of hydrogen-bond acceptors (Lipinski definition) is 1. The van der Waals surface area contributed by atoms with Crippen LogP contribution in [-0.2, 0) is 11.0 Å². The number of carbonyl (C=O) groups excluding carboxylic acids is 1. The van der Waals surface area contributed by atoms with Crippen molar-refractivity contribution in [2.24, 2.45) is 0 Å². The van der Waals surface area contributed by atoms with Gasteiger partial charge in [0.15, 0.2) is 0 Å². The summed E-state index contributed by atoms with van der Waals surface area (Å²) in [5.74, 6) is 4.88. The summed E-state index contributed by atoms with van der Waals surface area (Å²) in [7, 11) is 0. The van der Waals surface area contributed by atoms with Gasteiger partial charge in [-0.25, -0.2) is 0 Å². The van der Waals surface area contributed by atoms with Crippen molar-refractivity contribution in [2.45, 2.75) is 13.1 Å². The Hall–Kier alpha value is -1.96. The van der Waals surface area contributed by atoms with E-state index in [-0.39, 0.29) is 18.0 Å². The first-order valence-electron chi connectivity index (χ1n) is 4.80. The monoisotopic (exact) mass is 241 g/mol. The predicted octanol–water partition coefficient (Wildman–Crippen LogP) is 2.19. The summed E-state index contributed by atoms with van der Waals surface area (Å²) in [6.07, 6.45) is -4.37. The minimum atomic E-state index is -4.37. The molecule has 90 valence electrons. The lowest BCUT2D eigenvalue weighted by Gasteiger charge is -2.05. The van der Waals surface area contributed by atoms with E-state index in [4.69, 9.17) is 0 Å². The Balaban J connectivity index is 2.76. The molecule has 1 N–H and O–H groups in total. The Morgan fingerprint density at radius 3 is 2.71 bits per heavy atom. The lowest BCUT2D eigenvalue weighted by Crippen LogP contribution is -2.19. The number of alkyl halides is 3. The largest absolute Gasteiger partial charge is 0.416 e. The third kappa shape index (κ3) is 4.60. The molecule has 0 fully saturated rings. The average Bonchev–Trinajstić information content (AvgIpc) is 2.23. The maximum atomic E-state index is 12.4. The van der Waals surface area contributed by atoms with Crippen LogP contribution >= 0.6 is 0 Å². The van der Waals surface area contributed by atoms with Crippen LogP contribution in [0.1, 0.15) is 18.1 Å². The minimum absolute atomic E-state index is 0.117. The third-order valence-electron chi connectivity index (χ3n) is 1.85. The highest BCUT2D eigenvalue weighted by molar-refractivity contribution is 5.73. The van der Waals surface area contributed by atoms with Gasteiger partial charge in [-0.15, -0.1) is 0 Å². The Morgan fingerprint density at radius 1 is 1.41 bits per heavy atom. The summed E-state index contributed by atoms with van der Waals surface area (Å²) < 4.78 is 37.1. The van der Waals surface area contributed by atoms with Gasteiger partial charge in [0.05, 0.1) is 12.1 Å². The van der Waals surface area contributed by atoms with E-state index in [1.54, 1.807) is 0 Å². The molecule has 17 heavy (non-hydrogen) atoms. The molecule has 0 heterocycles. The van der Waals surface area contributed by atoms with Crippen LogP contribution in [0.3, 0.4) is 0 Å². The smallest absolute Gasteiger partial charge is 0.345 e. The Kier molecular flexibility index (Phi) is 4.16. The molecule has 0 spiro atoms. The molecule has 0 unspecified atom stereocenters. The van der Waals surface area contributed by atoms with Crippen molar-refractivity contribution >= 4 is 5.91 Å². The van der Waals surface area contributed by atoms with Crippen LogP contribution in [0, 0.1) is 11.8 Å². The van der Waals surface area contributed by atoms with Crippen molar-refractivity contribution in [1.29, 1.82) is 0 Å². The molecule has 0 saturated carbocycles. The number of hydrogen-bond donors (Lipinski definition) is 1. The second-order valence-electron chi connectivity index (χ2n) is 3.29. The maximum Gasteiger partial charge on any atom is 0.416 e. The molecule has 1 amide bonds. The first-order chi connectivity index (χ1) is 7.89. The number of carbonyl (C=O) groups is 1. The first-order valence-corrected chi connectivity index (χ1v) is 4.80. The zero-order chi connectivity index (χ0) is 12.9. The van der Waals surface area contributed by atoms with Crippen LogP contribution in [0.15, 0.2) is 24.3 Å². The molecule has 0 aliphatic rings. The molecule has 0 aromatic heterocycles. The lowest BCUT2D eigenvalue weighted by molar-refractivity contribution is -0.137. The van der Waals surface area contributed by atoms with Crippen molar-refractivity contribution < 1.29 is 18.0 Å². The number of nitrogens with one attached hydrogen (secondary N) is 1. The summed E-state index contributed by atoms with van der Waals surface area (Å²) in [5.41, 5.74) is -0.464. The van der Waals surface area contributed by atoms with Crippen molar-refractivity contribution in [3.63, 3.8) is 0 Å². The van der Waals surface area contributed by atoms with Gasteiger partial charge in [-0.3, -0.25) is 4.79 Å². The Morgan fingerprint density at radius 2 is 2.12 bits per heavy atom. The van der Waals surface area contributed by atoms with E-state index in [9.17, 15) is 18.0 Å². The van der Waals surface area contributed by atoms with E-state index in [0.29, 0.717) is 0 Å². The Labute approximate surface area is 96.8 Å². The molecule has 0 aliphatic carbocycles. The van der Waals surface area contributed by atoms with Crippen LogP contribution < -0.4 is 5.32 Å². The summed E-state index contributed by atoms with van der Waals surface area (Å²) in [6.45, 7) is 1.46. The lowest BCUT2D eigenvalue weighted by atomic mass is 10.1. The van der Waals surface area contributed by atoms with E-state index in [1.807, 2.05) is 0 Å². The first kappa shape index (κ1) is 13.1. The molecule has 0 bridgehead atoms. The molecule has 2 nitrogen and oxygen atoms in total. The van der Waals surface area contributed by atoms with E-state index in [1.165, 1.54) is 19.1 Å². The molecule has 0 aliphatic heterocycles. The molecule has 0 atom stereocenters. The SMILES string of the molecule is CC(=O)NCC#Cc1cccc(C(F)(F)F)c1. The molecule has 1 aromatic rings. The standard InChI is InChI=1S/C12H10F3NO/c1-9(17)16-7-3-5-10-4-2-6-11(8-10)12(13,14)15/h2,4,6,8H,7H2,1H3,(H,16,17). The zero-order valence-electron chi connectivity index (χ0n) is 9.06. The molecule has 5 heteroatoms. The van der Waals surface area contributed by atoms with Crippen molar-refractivity contribution in [3.05, 3.63) is 35.4 Å². The number of halogens is 3. The third-order valence-corrected chi connectivity index (χ3v) is 1.85. The van der Waals surface area contributed by atoms with Crippen molar-refractivity contribution in [3.8, 4) is 11.8 Å². The molecular weight excluding hydrogens is 231 g/mol. The normalized spacial score (nSPS) is 10.4. The van der Waals surface area contributed by atoms with Crippen molar-refractivity contribution in [1.82, 2.24) is 5.32 Å². The van der Waals surface area contributed by atoms with Crippen LogP contribution in [0.4, 0.5) is 13.2 Å². The average molecular weight is 241 g/mol. The van der Waals surface area contributed by atoms with Gasteiger partial charge in [-0.05, 0) is 18.2 Å². The number of benzene rings is 1. The van der Waals surface area contributed by atoms with Crippen LogP contribution in [0.5, 0.6) is 0 Å². The highest BCUT2D eigenvalue weighted by Gasteiger charge is 2.30. The molecule has 1 aromatic carbocycles. The fraction of sp³-hybridized carbons (Fsp3) is 0.250. The quantitative estimate of drug-likeness (QED) is 0.750. The van der Waals surface area contributed by atoms with Crippen LogP contribution in [0.2, 0.25) is 0 Å². The fourth-order valence-corrected chi connectivity index (χ4v) is 1.09. The summed E-state index contributed by atoms with van der Waals surface area (Å²) in [4.78, 5) is 10.5. The second-order valence-corrected chi connectivity index (χ2v) is 3.29. The number of rotatable bonds is 1. The highest BCUT2D eigenvalue weighted by atomic mass is 19.4. The molecule has 0 saturated heterocycles. The Bertz CT molecular complexity index is 469. The fourth-order valence-electron chi connectivity index (χ4n) is 1.09. The van der Waals surface area contributed by atoms with E-state index in [0.717, 1.165) is 12.1 Å². The summed E-state index contributed by atoms with van der Waals surface area (Å²) >= 11 is 0. The van der Waals surface area contributed by atoms with Crippen LogP contribution in [-0.4, -0.2) is 12.5 Å². The van der Waals surface area contributed by atoms with Crippen LogP contribution in [0.25, 0.3) is 0 Å². The molecule has 1 rings (SSSR count). The van der Waals surface area contributed by atoms with Gasteiger partial charge in [-0.2, -0.15) is 13.2 Å². The zero-order valence-corrected chi connectivity index (χ0v) is 9.06. The van der Waals surface area contributed by atoms with Gasteiger partial charge < -0.3 is 5.32 Å². The topological polar surface area (TPSA) is 29.1 Å². The van der Waals surface area contributed by atoms with Gasteiger partial charge >= 0.3 is 6.18 Å². The summed E-state index contributed by atoms with van der Waals surface area (Å²) in [5, 5.41) is 2.43. The second kappa shape index (κ2) is 5.39. The molecule has 0 radical (unpaired) electrons. The van der Waals surface area contributed by atoms with E-state index < -0.39 is 11.7 Å². The van der Waals surface area contributed by atoms with Gasteiger partial charge in [-0.1, -0.05) is 17.9 Å². The summed E-state index contributed by atoms with van der Waals surface area (Å²) in [6, 6.07) is 4.74. The highest BCUT2D eigenvalue weighted by Crippen LogP contribution is 2.29. The number of amides is 1. The molecular formula is C12H10F3NO. The van der Waals surface area contributed by atoms with Gasteiger partial charge in [0, 0.05) is 12.5 Å². The van der Waals surface area contributed by atoms with E-state index >= 15 is 0 Å². The minimum Gasteiger partial charge on any atom is -0.345 e. The van der Waals surface area contributed by atoms with E-state index in [2.05, 4.69) is 17.2 Å². The van der Waals surface area contributed by atoms with Gasteiger partial charge in [0.2, 0.25) is 5.91 Å².